The van der Waals surface area contributed by atoms with Crippen LogP contribution in [-0.4, -0.2) is 23.3 Å². The van der Waals surface area contributed by atoms with Crippen LogP contribution in [-0.2, 0) is 9.59 Å². The first-order valence-corrected chi connectivity index (χ1v) is 7.81. The van der Waals surface area contributed by atoms with Crippen molar-refractivity contribution >= 4 is 35.2 Å². The first-order valence-electron chi connectivity index (χ1n) is 6.28. The van der Waals surface area contributed by atoms with Crippen LogP contribution < -0.4 is 5.32 Å². The molecule has 1 N–H and O–H groups in total. The minimum absolute atomic E-state index is 0.141. The fourth-order valence-electron chi connectivity index (χ4n) is 3.10. The lowest BCUT2D eigenvalue weighted by atomic mass is 9.67. The lowest BCUT2D eigenvalue weighted by Crippen LogP contribution is -2.50. The summed E-state index contributed by atoms with van der Waals surface area (Å²) in [4.78, 5) is 24.0. The minimum Gasteiger partial charge on any atom is -0.296 e. The van der Waals surface area contributed by atoms with Gasteiger partial charge in [-0.25, -0.2) is 0 Å². The Morgan fingerprint density at radius 3 is 2.63 bits per heavy atom. The second-order valence-corrected chi connectivity index (χ2v) is 6.78. The number of carbonyl (C=O) groups is 2. The van der Waals surface area contributed by atoms with E-state index in [0.29, 0.717) is 11.4 Å². The molecule has 0 aliphatic carbocycles. The Balaban J connectivity index is 2.02. The summed E-state index contributed by atoms with van der Waals surface area (Å²) in [6.07, 6.45) is 1.36. The second kappa shape index (κ2) is 4.84. The number of rotatable bonds is 1. The van der Waals surface area contributed by atoms with Crippen LogP contribution in [0.2, 0.25) is 5.02 Å². The molecule has 2 aliphatic rings. The summed E-state index contributed by atoms with van der Waals surface area (Å²) < 4.78 is 0. The van der Waals surface area contributed by atoms with E-state index in [-0.39, 0.29) is 23.1 Å². The lowest BCUT2D eigenvalue weighted by Gasteiger charge is -2.39. The van der Waals surface area contributed by atoms with Crippen LogP contribution in [0.4, 0.5) is 0 Å². The summed E-state index contributed by atoms with van der Waals surface area (Å²) >= 11 is 7.73. The Bertz CT molecular complexity index is 523. The maximum absolute atomic E-state index is 12.3. The van der Waals surface area contributed by atoms with E-state index in [2.05, 4.69) is 5.32 Å². The Labute approximate surface area is 121 Å². The zero-order valence-corrected chi connectivity index (χ0v) is 11.9. The largest absolute Gasteiger partial charge is 0.296 e. The first-order chi connectivity index (χ1) is 9.11. The van der Waals surface area contributed by atoms with Gasteiger partial charge < -0.3 is 0 Å². The molecule has 3 nitrogen and oxygen atoms in total. The molecule has 2 unspecified atom stereocenters. The molecular weight excluding hydrogens is 282 g/mol. The summed E-state index contributed by atoms with van der Waals surface area (Å²) in [5.41, 5.74) is 0.745. The van der Waals surface area contributed by atoms with Gasteiger partial charge in [0.25, 0.3) is 0 Å². The third kappa shape index (κ3) is 2.28. The summed E-state index contributed by atoms with van der Waals surface area (Å²) in [6.45, 7) is 0. The molecule has 19 heavy (non-hydrogen) atoms. The van der Waals surface area contributed by atoms with Gasteiger partial charge in [0, 0.05) is 22.6 Å². The van der Waals surface area contributed by atoms with Crippen molar-refractivity contribution in [1.29, 1.82) is 0 Å². The van der Waals surface area contributed by atoms with Gasteiger partial charge in [-0.3, -0.25) is 14.9 Å². The van der Waals surface area contributed by atoms with Crippen molar-refractivity contribution in [3.63, 3.8) is 0 Å². The monoisotopic (exact) mass is 295 g/mol. The van der Waals surface area contributed by atoms with Gasteiger partial charge >= 0.3 is 0 Å². The van der Waals surface area contributed by atoms with Crippen molar-refractivity contribution < 1.29 is 9.59 Å². The smallest absolute Gasteiger partial charge is 0.234 e. The number of halogens is 1. The zero-order valence-electron chi connectivity index (χ0n) is 10.3. The Morgan fingerprint density at radius 2 is 2.00 bits per heavy atom. The number of imide groups is 1. The van der Waals surface area contributed by atoms with Gasteiger partial charge in [-0.2, -0.15) is 11.8 Å². The van der Waals surface area contributed by atoms with E-state index < -0.39 is 0 Å². The predicted octanol–water partition coefficient (Wildman–Crippen LogP) is 2.59. The summed E-state index contributed by atoms with van der Waals surface area (Å²) in [5, 5.41) is 3.13. The van der Waals surface area contributed by atoms with E-state index in [9.17, 15) is 9.59 Å². The highest BCUT2D eigenvalue weighted by molar-refractivity contribution is 7.99. The molecule has 2 saturated heterocycles. The Hall–Kier alpha value is -1.00. The third-order valence-electron chi connectivity index (χ3n) is 3.99. The molecule has 2 aliphatic heterocycles. The fourth-order valence-corrected chi connectivity index (χ4v) is 4.74. The van der Waals surface area contributed by atoms with Gasteiger partial charge in [0.1, 0.15) is 0 Å². The Morgan fingerprint density at radius 1 is 1.26 bits per heavy atom. The van der Waals surface area contributed by atoms with E-state index in [1.807, 2.05) is 23.9 Å². The van der Waals surface area contributed by atoms with E-state index in [0.717, 1.165) is 23.5 Å². The Kier molecular flexibility index (Phi) is 3.31. The van der Waals surface area contributed by atoms with Gasteiger partial charge in [-0.05, 0) is 29.9 Å². The number of carbonyl (C=O) groups excluding carboxylic acids is 2. The fraction of sp³-hybridized carbons (Fsp3) is 0.429. The number of benzene rings is 1. The van der Waals surface area contributed by atoms with Crippen LogP contribution in [0.1, 0.15) is 24.3 Å². The van der Waals surface area contributed by atoms with Gasteiger partial charge in [-0.1, -0.05) is 23.7 Å². The number of hydrogen-bond donors (Lipinski definition) is 1. The maximum atomic E-state index is 12.3. The van der Waals surface area contributed by atoms with E-state index in [1.54, 1.807) is 12.1 Å². The van der Waals surface area contributed by atoms with E-state index in [1.165, 1.54) is 0 Å². The quantitative estimate of drug-likeness (QED) is 0.810. The molecule has 0 radical (unpaired) electrons. The SMILES string of the molecule is O=C1CC2(CCSC2)C(c2ccc(Cl)cc2)C(=O)N1. The lowest BCUT2D eigenvalue weighted by molar-refractivity contribution is -0.139. The molecule has 1 aromatic rings. The van der Waals surface area contributed by atoms with Crippen molar-refractivity contribution in [1.82, 2.24) is 5.32 Å². The zero-order chi connectivity index (χ0) is 13.5. The number of hydrogen-bond acceptors (Lipinski definition) is 3. The van der Waals surface area contributed by atoms with Crippen LogP contribution in [0.5, 0.6) is 0 Å². The molecule has 2 atom stereocenters. The molecule has 5 heteroatoms. The molecule has 0 aromatic heterocycles. The molecule has 2 fully saturated rings. The molecular formula is C14H14ClNO2S. The van der Waals surface area contributed by atoms with Crippen molar-refractivity contribution in [2.24, 2.45) is 5.41 Å². The van der Waals surface area contributed by atoms with Crippen molar-refractivity contribution in [3.8, 4) is 0 Å². The minimum atomic E-state index is -0.238. The summed E-state index contributed by atoms with van der Waals surface area (Å²) in [7, 11) is 0. The predicted molar refractivity (Wildman–Crippen MR) is 76.3 cm³/mol. The molecule has 3 rings (SSSR count). The van der Waals surface area contributed by atoms with Gasteiger partial charge in [0.05, 0.1) is 5.92 Å². The molecule has 2 heterocycles. The normalized spacial score (nSPS) is 30.7. The van der Waals surface area contributed by atoms with Crippen molar-refractivity contribution in [2.75, 3.05) is 11.5 Å². The number of nitrogens with one attached hydrogen (secondary N) is 1. The average molecular weight is 296 g/mol. The van der Waals surface area contributed by atoms with Crippen LogP contribution in [0.3, 0.4) is 0 Å². The molecule has 1 spiro atoms. The standard InChI is InChI=1S/C14H14ClNO2S/c15-10-3-1-9(2-4-10)12-13(18)16-11(17)7-14(12)5-6-19-8-14/h1-4,12H,5-8H2,(H,16,17,18). The van der Waals surface area contributed by atoms with Crippen molar-refractivity contribution in [3.05, 3.63) is 34.9 Å². The van der Waals surface area contributed by atoms with Gasteiger partial charge in [0.15, 0.2) is 0 Å². The highest BCUT2D eigenvalue weighted by atomic mass is 35.5. The highest BCUT2D eigenvalue weighted by Crippen LogP contribution is 2.51. The molecule has 100 valence electrons. The third-order valence-corrected chi connectivity index (χ3v) is 5.51. The maximum Gasteiger partial charge on any atom is 0.234 e. The van der Waals surface area contributed by atoms with E-state index >= 15 is 0 Å². The van der Waals surface area contributed by atoms with Gasteiger partial charge in [0.2, 0.25) is 11.8 Å². The average Bonchev–Trinajstić information content (AvgIpc) is 2.79. The van der Waals surface area contributed by atoms with Crippen molar-refractivity contribution in [2.45, 2.75) is 18.8 Å². The molecule has 1 aromatic carbocycles. The molecule has 0 bridgehead atoms. The summed E-state index contributed by atoms with van der Waals surface area (Å²) in [5.74, 6) is 1.35. The second-order valence-electron chi connectivity index (χ2n) is 5.24. The van der Waals surface area contributed by atoms with Crippen LogP contribution in [0, 0.1) is 5.41 Å². The molecule has 2 amide bonds. The summed E-state index contributed by atoms with van der Waals surface area (Å²) in [6, 6.07) is 7.40. The van der Waals surface area contributed by atoms with Crippen LogP contribution in [0.25, 0.3) is 0 Å². The number of amides is 2. The highest BCUT2D eigenvalue weighted by Gasteiger charge is 2.50. The van der Waals surface area contributed by atoms with Gasteiger partial charge in [-0.15, -0.1) is 0 Å². The van der Waals surface area contributed by atoms with E-state index in [4.69, 9.17) is 11.6 Å². The molecule has 0 saturated carbocycles. The first kappa shape index (κ1) is 13.0. The number of thioether (sulfide) groups is 1. The van der Waals surface area contributed by atoms with Crippen LogP contribution >= 0.6 is 23.4 Å². The van der Waals surface area contributed by atoms with Crippen LogP contribution in [0.15, 0.2) is 24.3 Å². The topological polar surface area (TPSA) is 46.2 Å². The number of piperidine rings is 1.